The molecule has 0 aromatic rings. The van der Waals surface area contributed by atoms with Gasteiger partial charge >= 0.3 is 11.9 Å². The smallest absolute Gasteiger partial charge is 0.334 e. The lowest BCUT2D eigenvalue weighted by Crippen LogP contribution is -2.16. The summed E-state index contributed by atoms with van der Waals surface area (Å²) < 4.78 is 5.54. The van der Waals surface area contributed by atoms with E-state index in [-0.39, 0.29) is 0 Å². The maximum Gasteiger partial charge on any atom is 0.334 e. The van der Waals surface area contributed by atoms with Gasteiger partial charge in [0.1, 0.15) is 0 Å². The maximum atomic E-state index is 12.8. The molecule has 0 atom stereocenters. The standard InChI is InChI=1S/C28H52O4/c1-4-7-10-13-16-19-22-25(27(29)30)26(23-20-17-14-11-8-5-2)28(31)32-24-21-18-15-12-9-6-3/h4-24H2,1-3H3,(H,29,30). The highest BCUT2D eigenvalue weighted by Crippen LogP contribution is 2.22. The largest absolute Gasteiger partial charge is 0.478 e. The molecule has 0 saturated heterocycles. The summed E-state index contributed by atoms with van der Waals surface area (Å²) in [6.45, 7) is 6.98. The van der Waals surface area contributed by atoms with Crippen LogP contribution in [0, 0.1) is 0 Å². The van der Waals surface area contributed by atoms with Gasteiger partial charge in [-0.2, -0.15) is 0 Å². The molecular formula is C28H52O4. The fourth-order valence-corrected chi connectivity index (χ4v) is 4.06. The van der Waals surface area contributed by atoms with Crippen LogP contribution in [0.3, 0.4) is 0 Å². The SMILES string of the molecule is CCCCCCCCOC(=O)C(CCCCCCCC)=C(CCCCCCCC)C(=O)O. The van der Waals surface area contributed by atoms with Gasteiger partial charge in [-0.1, -0.05) is 117 Å². The zero-order valence-electron chi connectivity index (χ0n) is 21.5. The highest BCUT2D eigenvalue weighted by Gasteiger charge is 2.21. The van der Waals surface area contributed by atoms with E-state index in [0.717, 1.165) is 51.4 Å². The van der Waals surface area contributed by atoms with Gasteiger partial charge in [0, 0.05) is 11.1 Å². The monoisotopic (exact) mass is 452 g/mol. The second-order valence-electron chi connectivity index (χ2n) is 9.20. The number of carbonyl (C=O) groups is 2. The molecule has 0 saturated carbocycles. The first kappa shape index (κ1) is 30.7. The van der Waals surface area contributed by atoms with Gasteiger partial charge in [-0.15, -0.1) is 0 Å². The van der Waals surface area contributed by atoms with Gasteiger partial charge in [0.15, 0.2) is 0 Å². The first-order valence-electron chi connectivity index (χ1n) is 13.7. The molecule has 0 unspecified atom stereocenters. The molecule has 0 heterocycles. The number of ether oxygens (including phenoxy) is 1. The normalized spacial score (nSPS) is 12.0. The second kappa shape index (κ2) is 22.9. The number of hydrogen-bond donors (Lipinski definition) is 1. The number of esters is 1. The molecule has 0 aromatic carbocycles. The predicted octanol–water partition coefficient (Wildman–Crippen LogP) is 8.77. The third-order valence-corrected chi connectivity index (χ3v) is 6.16. The Morgan fingerprint density at radius 3 is 1.34 bits per heavy atom. The van der Waals surface area contributed by atoms with Crippen LogP contribution < -0.4 is 0 Å². The Labute approximate surface area is 198 Å². The summed E-state index contributed by atoms with van der Waals surface area (Å²) in [6.07, 6.45) is 21.1. The highest BCUT2D eigenvalue weighted by atomic mass is 16.5. The van der Waals surface area contributed by atoms with Gasteiger partial charge in [0.05, 0.1) is 6.61 Å². The summed E-state index contributed by atoms with van der Waals surface area (Å²) in [5.74, 6) is -1.34. The maximum absolute atomic E-state index is 12.8. The fraction of sp³-hybridized carbons (Fsp3) is 0.857. The molecule has 0 spiro atoms. The summed E-state index contributed by atoms with van der Waals surface area (Å²) in [4.78, 5) is 24.8. The van der Waals surface area contributed by atoms with Crippen molar-refractivity contribution < 1.29 is 19.4 Å². The van der Waals surface area contributed by atoms with Gasteiger partial charge in [-0.25, -0.2) is 9.59 Å². The van der Waals surface area contributed by atoms with Gasteiger partial charge < -0.3 is 9.84 Å². The number of carboxylic acids is 1. The quantitative estimate of drug-likeness (QED) is 0.0955. The molecule has 1 N–H and O–H groups in total. The molecule has 0 aromatic heterocycles. The van der Waals surface area contributed by atoms with Crippen molar-refractivity contribution in [1.82, 2.24) is 0 Å². The molecular weight excluding hydrogens is 400 g/mol. The lowest BCUT2D eigenvalue weighted by Gasteiger charge is -2.13. The van der Waals surface area contributed by atoms with Crippen LogP contribution in [-0.2, 0) is 14.3 Å². The minimum Gasteiger partial charge on any atom is -0.478 e. The second-order valence-corrected chi connectivity index (χ2v) is 9.20. The molecule has 0 rings (SSSR count). The van der Waals surface area contributed by atoms with Gasteiger partial charge in [-0.3, -0.25) is 0 Å². The number of unbranched alkanes of at least 4 members (excludes halogenated alkanes) is 15. The van der Waals surface area contributed by atoms with E-state index >= 15 is 0 Å². The van der Waals surface area contributed by atoms with Crippen LogP contribution in [0.15, 0.2) is 11.1 Å². The van der Waals surface area contributed by atoms with Crippen molar-refractivity contribution in [3.8, 4) is 0 Å². The summed E-state index contributed by atoms with van der Waals surface area (Å²) in [6, 6.07) is 0. The molecule has 188 valence electrons. The van der Waals surface area contributed by atoms with Crippen molar-refractivity contribution in [2.75, 3.05) is 6.61 Å². The van der Waals surface area contributed by atoms with E-state index in [9.17, 15) is 14.7 Å². The van der Waals surface area contributed by atoms with Crippen molar-refractivity contribution in [3.05, 3.63) is 11.1 Å². The van der Waals surface area contributed by atoms with E-state index in [1.54, 1.807) is 0 Å². The Hall–Kier alpha value is -1.32. The molecule has 32 heavy (non-hydrogen) atoms. The Bertz CT molecular complexity index is 496. The summed E-state index contributed by atoms with van der Waals surface area (Å²) in [5, 5.41) is 9.83. The third-order valence-electron chi connectivity index (χ3n) is 6.16. The van der Waals surface area contributed by atoms with Crippen molar-refractivity contribution >= 4 is 11.9 Å². The van der Waals surface area contributed by atoms with Crippen LogP contribution in [0.4, 0.5) is 0 Å². The predicted molar refractivity (Wildman–Crippen MR) is 135 cm³/mol. The van der Waals surface area contributed by atoms with Gasteiger partial charge in [0.25, 0.3) is 0 Å². The van der Waals surface area contributed by atoms with E-state index in [4.69, 9.17) is 4.74 Å². The van der Waals surface area contributed by atoms with E-state index in [1.165, 1.54) is 64.2 Å². The first-order chi connectivity index (χ1) is 15.6. The molecule has 0 fully saturated rings. The molecule has 0 aliphatic carbocycles. The zero-order chi connectivity index (χ0) is 23.9. The number of aliphatic carboxylic acids is 1. The summed E-state index contributed by atoms with van der Waals surface area (Å²) in [7, 11) is 0. The summed E-state index contributed by atoms with van der Waals surface area (Å²) in [5.41, 5.74) is 0.717. The van der Waals surface area contributed by atoms with Crippen LogP contribution in [-0.4, -0.2) is 23.7 Å². The number of rotatable bonds is 23. The first-order valence-corrected chi connectivity index (χ1v) is 13.7. The Kier molecular flexibility index (Phi) is 21.9. The van der Waals surface area contributed by atoms with Crippen molar-refractivity contribution in [2.45, 2.75) is 149 Å². The highest BCUT2D eigenvalue weighted by molar-refractivity contribution is 5.99. The van der Waals surface area contributed by atoms with Crippen LogP contribution in [0.2, 0.25) is 0 Å². The average Bonchev–Trinajstić information content (AvgIpc) is 2.78. The topological polar surface area (TPSA) is 63.6 Å². The molecule has 0 aliphatic heterocycles. The molecule has 4 heteroatoms. The lowest BCUT2D eigenvalue weighted by molar-refractivity contribution is -0.140. The van der Waals surface area contributed by atoms with Crippen molar-refractivity contribution in [2.24, 2.45) is 0 Å². The summed E-state index contributed by atoms with van der Waals surface area (Å²) >= 11 is 0. The zero-order valence-corrected chi connectivity index (χ0v) is 21.5. The van der Waals surface area contributed by atoms with Crippen LogP contribution in [0.5, 0.6) is 0 Å². The molecule has 0 radical (unpaired) electrons. The van der Waals surface area contributed by atoms with E-state index in [2.05, 4.69) is 20.8 Å². The van der Waals surface area contributed by atoms with Crippen molar-refractivity contribution in [3.63, 3.8) is 0 Å². The van der Waals surface area contributed by atoms with Gasteiger partial charge in [0.2, 0.25) is 0 Å². The molecule has 0 bridgehead atoms. The number of carboxylic acid groups (broad SMARTS) is 1. The Balaban J connectivity index is 4.81. The van der Waals surface area contributed by atoms with Gasteiger partial charge in [-0.05, 0) is 32.1 Å². The van der Waals surface area contributed by atoms with Crippen molar-refractivity contribution in [1.29, 1.82) is 0 Å². The number of hydrogen-bond acceptors (Lipinski definition) is 3. The Morgan fingerprint density at radius 1 is 0.531 bits per heavy atom. The third kappa shape index (κ3) is 17.3. The number of carbonyl (C=O) groups excluding carboxylic acids is 1. The minimum atomic E-state index is -0.948. The fourth-order valence-electron chi connectivity index (χ4n) is 4.06. The average molecular weight is 453 g/mol. The lowest BCUT2D eigenvalue weighted by atomic mass is 9.96. The molecule has 0 aliphatic rings. The van der Waals surface area contributed by atoms with E-state index in [1.807, 2.05) is 0 Å². The Morgan fingerprint density at radius 2 is 0.906 bits per heavy atom. The molecule has 4 nitrogen and oxygen atoms in total. The van der Waals surface area contributed by atoms with E-state index < -0.39 is 11.9 Å². The van der Waals surface area contributed by atoms with E-state index in [0.29, 0.717) is 30.6 Å². The molecule has 0 amide bonds. The van der Waals surface area contributed by atoms with Crippen LogP contribution >= 0.6 is 0 Å². The van der Waals surface area contributed by atoms with Crippen LogP contribution in [0.1, 0.15) is 149 Å². The minimum absolute atomic E-state index is 0.294. The van der Waals surface area contributed by atoms with Crippen LogP contribution in [0.25, 0.3) is 0 Å².